The van der Waals surface area contributed by atoms with Gasteiger partial charge in [0.05, 0.1) is 0 Å². The molecule has 102 valence electrons. The summed E-state index contributed by atoms with van der Waals surface area (Å²) in [5.74, 6) is 0. The third-order valence-electron chi connectivity index (χ3n) is 3.63. The van der Waals surface area contributed by atoms with Crippen LogP contribution >= 0.6 is 11.3 Å². The van der Waals surface area contributed by atoms with Gasteiger partial charge >= 0.3 is 0 Å². The molecule has 0 aliphatic heterocycles. The molecule has 0 spiro atoms. The van der Waals surface area contributed by atoms with Crippen LogP contribution in [0.15, 0.2) is 0 Å². The van der Waals surface area contributed by atoms with Crippen LogP contribution in [0.4, 0.5) is 5.13 Å². The number of aromatic nitrogens is 2. The van der Waals surface area contributed by atoms with Gasteiger partial charge in [-0.3, -0.25) is 0 Å². The van der Waals surface area contributed by atoms with Gasteiger partial charge in [0.25, 0.3) is 0 Å². The molecule has 0 atom stereocenters. The van der Waals surface area contributed by atoms with Gasteiger partial charge in [0, 0.05) is 12.6 Å². The van der Waals surface area contributed by atoms with Crippen LogP contribution < -0.4 is 10.6 Å². The Balaban J connectivity index is 2.07. The summed E-state index contributed by atoms with van der Waals surface area (Å²) < 4.78 is 0. The highest BCUT2D eigenvalue weighted by Gasteiger charge is 2.22. The minimum absolute atomic E-state index is 0.645. The molecule has 1 heterocycles. The maximum Gasteiger partial charge on any atom is 0.208 e. The second-order valence-electron chi connectivity index (χ2n) is 5.08. The van der Waals surface area contributed by atoms with Gasteiger partial charge in [-0.15, -0.1) is 10.2 Å². The molecule has 0 unspecified atom stereocenters. The maximum atomic E-state index is 5.66. The fourth-order valence-corrected chi connectivity index (χ4v) is 3.45. The van der Waals surface area contributed by atoms with Gasteiger partial charge in [-0.1, -0.05) is 37.0 Å². The lowest BCUT2D eigenvalue weighted by molar-refractivity contribution is 0.517. The van der Waals surface area contributed by atoms with Gasteiger partial charge in [0.1, 0.15) is 5.01 Å². The lowest BCUT2D eigenvalue weighted by atomic mass is 10.1. The zero-order valence-electron chi connectivity index (χ0n) is 11.3. The molecule has 0 amide bonds. The lowest BCUT2D eigenvalue weighted by Crippen LogP contribution is -2.36. The quantitative estimate of drug-likeness (QED) is 0.834. The number of nitrogens with two attached hydrogens (primary N) is 1. The standard InChI is InChI=1S/C13H24N4S/c1-11-15-16-13(18-11)17(10-6-9-14)12-7-4-2-3-5-8-12/h12H,2-10,14H2,1H3. The van der Waals surface area contributed by atoms with Crippen molar-refractivity contribution in [1.82, 2.24) is 10.2 Å². The minimum Gasteiger partial charge on any atom is -0.344 e. The van der Waals surface area contributed by atoms with Crippen LogP contribution in [0.2, 0.25) is 0 Å². The Kier molecular flexibility index (Phi) is 5.38. The third kappa shape index (κ3) is 3.65. The summed E-state index contributed by atoms with van der Waals surface area (Å²) in [6.07, 6.45) is 9.09. The Morgan fingerprint density at radius 2 is 1.94 bits per heavy atom. The molecule has 1 aliphatic rings. The smallest absolute Gasteiger partial charge is 0.208 e. The van der Waals surface area contributed by atoms with Crippen molar-refractivity contribution in [2.75, 3.05) is 18.0 Å². The van der Waals surface area contributed by atoms with Crippen molar-refractivity contribution in [1.29, 1.82) is 0 Å². The van der Waals surface area contributed by atoms with E-state index in [1.54, 1.807) is 11.3 Å². The Morgan fingerprint density at radius 3 is 2.50 bits per heavy atom. The maximum absolute atomic E-state index is 5.66. The van der Waals surface area contributed by atoms with Crippen molar-refractivity contribution in [3.8, 4) is 0 Å². The minimum atomic E-state index is 0.645. The predicted octanol–water partition coefficient (Wildman–Crippen LogP) is 2.72. The summed E-state index contributed by atoms with van der Waals surface area (Å²) >= 11 is 1.71. The predicted molar refractivity (Wildman–Crippen MR) is 77.2 cm³/mol. The van der Waals surface area contributed by atoms with Gasteiger partial charge in [-0.05, 0) is 32.7 Å². The first-order chi connectivity index (χ1) is 8.81. The molecule has 0 bridgehead atoms. The zero-order chi connectivity index (χ0) is 12.8. The van der Waals surface area contributed by atoms with Gasteiger partial charge in [0.2, 0.25) is 5.13 Å². The van der Waals surface area contributed by atoms with E-state index in [-0.39, 0.29) is 0 Å². The van der Waals surface area contributed by atoms with Crippen LogP contribution in [0, 0.1) is 6.92 Å². The molecule has 4 nitrogen and oxygen atoms in total. The molecule has 18 heavy (non-hydrogen) atoms. The van der Waals surface area contributed by atoms with E-state index >= 15 is 0 Å². The van der Waals surface area contributed by atoms with Gasteiger partial charge in [-0.25, -0.2) is 0 Å². The summed E-state index contributed by atoms with van der Waals surface area (Å²) in [6, 6.07) is 0.645. The van der Waals surface area contributed by atoms with Crippen molar-refractivity contribution in [2.24, 2.45) is 5.73 Å². The summed E-state index contributed by atoms with van der Waals surface area (Å²) in [7, 11) is 0. The van der Waals surface area contributed by atoms with Crippen molar-refractivity contribution < 1.29 is 0 Å². The lowest BCUT2D eigenvalue weighted by Gasteiger charge is -2.30. The number of hydrogen-bond donors (Lipinski definition) is 1. The third-order valence-corrected chi connectivity index (χ3v) is 4.51. The van der Waals surface area contributed by atoms with E-state index in [9.17, 15) is 0 Å². The van der Waals surface area contributed by atoms with Gasteiger partial charge < -0.3 is 10.6 Å². The average molecular weight is 268 g/mol. The Hall–Kier alpha value is -0.680. The number of anilines is 1. The molecule has 1 aliphatic carbocycles. The van der Waals surface area contributed by atoms with E-state index in [0.717, 1.165) is 29.6 Å². The first-order valence-corrected chi connectivity index (χ1v) is 7.89. The van der Waals surface area contributed by atoms with E-state index in [1.165, 1.54) is 38.5 Å². The van der Waals surface area contributed by atoms with Crippen LogP contribution in [0.3, 0.4) is 0 Å². The Bertz CT molecular complexity index is 345. The van der Waals surface area contributed by atoms with Crippen LogP contribution in [0.5, 0.6) is 0 Å². The monoisotopic (exact) mass is 268 g/mol. The van der Waals surface area contributed by atoms with E-state index in [1.807, 2.05) is 6.92 Å². The highest BCUT2D eigenvalue weighted by Crippen LogP contribution is 2.28. The molecule has 1 fully saturated rings. The summed E-state index contributed by atoms with van der Waals surface area (Å²) in [4.78, 5) is 2.46. The number of rotatable bonds is 5. The zero-order valence-corrected chi connectivity index (χ0v) is 12.1. The van der Waals surface area contributed by atoms with E-state index < -0.39 is 0 Å². The molecule has 1 aromatic heterocycles. The number of aryl methyl sites for hydroxylation is 1. The molecule has 2 N–H and O–H groups in total. The largest absolute Gasteiger partial charge is 0.344 e. The topological polar surface area (TPSA) is 55.0 Å². The van der Waals surface area contributed by atoms with E-state index in [2.05, 4.69) is 15.1 Å². The van der Waals surface area contributed by atoms with Crippen LogP contribution in [-0.4, -0.2) is 29.3 Å². The van der Waals surface area contributed by atoms with E-state index in [4.69, 9.17) is 5.73 Å². The van der Waals surface area contributed by atoms with Gasteiger partial charge in [0.15, 0.2) is 0 Å². The summed E-state index contributed by atoms with van der Waals surface area (Å²) in [6.45, 7) is 3.80. The van der Waals surface area contributed by atoms with Crippen LogP contribution in [0.25, 0.3) is 0 Å². The van der Waals surface area contributed by atoms with Crippen molar-refractivity contribution >= 4 is 16.5 Å². The molecular formula is C13H24N4S. The summed E-state index contributed by atoms with van der Waals surface area (Å²) in [5.41, 5.74) is 5.66. The first kappa shape index (κ1) is 13.7. The van der Waals surface area contributed by atoms with E-state index in [0.29, 0.717) is 6.04 Å². The van der Waals surface area contributed by atoms with Crippen molar-refractivity contribution in [3.05, 3.63) is 5.01 Å². The Morgan fingerprint density at radius 1 is 1.22 bits per heavy atom. The molecule has 0 radical (unpaired) electrons. The van der Waals surface area contributed by atoms with Crippen molar-refractivity contribution in [3.63, 3.8) is 0 Å². The normalized spacial score (nSPS) is 17.7. The Labute approximate surface area is 114 Å². The second-order valence-corrected chi connectivity index (χ2v) is 6.24. The fraction of sp³-hybridized carbons (Fsp3) is 0.846. The molecule has 5 heteroatoms. The molecule has 0 aromatic carbocycles. The molecule has 2 rings (SSSR count). The van der Waals surface area contributed by atoms with Gasteiger partial charge in [-0.2, -0.15) is 0 Å². The molecule has 1 aromatic rings. The summed E-state index contributed by atoms with van der Waals surface area (Å²) in [5, 5.41) is 10.6. The second kappa shape index (κ2) is 7.04. The molecule has 1 saturated carbocycles. The highest BCUT2D eigenvalue weighted by molar-refractivity contribution is 7.15. The highest BCUT2D eigenvalue weighted by atomic mass is 32.1. The molecule has 0 saturated heterocycles. The SMILES string of the molecule is Cc1nnc(N(CCCN)C2CCCCCC2)s1. The first-order valence-electron chi connectivity index (χ1n) is 7.08. The van der Waals surface area contributed by atoms with Crippen molar-refractivity contribution in [2.45, 2.75) is 57.9 Å². The average Bonchev–Trinajstić information content (AvgIpc) is 2.65. The fourth-order valence-electron chi connectivity index (χ4n) is 2.67. The van der Waals surface area contributed by atoms with Crippen LogP contribution in [-0.2, 0) is 0 Å². The van der Waals surface area contributed by atoms with Crippen LogP contribution in [0.1, 0.15) is 50.0 Å². The number of nitrogens with zero attached hydrogens (tertiary/aromatic N) is 3. The number of hydrogen-bond acceptors (Lipinski definition) is 5. The molecular weight excluding hydrogens is 244 g/mol.